The number of amides is 1. The van der Waals surface area contributed by atoms with Crippen molar-refractivity contribution in [2.75, 3.05) is 13.1 Å². The van der Waals surface area contributed by atoms with E-state index in [1.54, 1.807) is 0 Å². The summed E-state index contributed by atoms with van der Waals surface area (Å²) in [5, 5.41) is 16.0. The largest absolute Gasteiger partial charge is 0.391 e. The Bertz CT molecular complexity index is 253. The summed E-state index contributed by atoms with van der Waals surface area (Å²) in [6.45, 7) is 7.54. The normalized spacial score (nSPS) is 23.2. The summed E-state index contributed by atoms with van der Waals surface area (Å²) in [5.74, 6) is 0.0323. The molecule has 1 aliphatic rings. The monoisotopic (exact) mass is 256 g/mol. The van der Waals surface area contributed by atoms with Gasteiger partial charge in [0.15, 0.2) is 0 Å². The van der Waals surface area contributed by atoms with Crippen LogP contribution in [-0.4, -0.2) is 36.2 Å². The van der Waals surface area contributed by atoms with Gasteiger partial charge in [-0.15, -0.1) is 0 Å². The molecule has 0 radical (unpaired) electrons. The molecule has 1 amide bonds. The fraction of sp³-hybridized carbons (Fsp3) is 0.929. The molecule has 2 unspecified atom stereocenters. The third-order valence-corrected chi connectivity index (χ3v) is 3.24. The summed E-state index contributed by atoms with van der Waals surface area (Å²) in [5.41, 5.74) is 0.0880. The maximum absolute atomic E-state index is 11.9. The van der Waals surface area contributed by atoms with E-state index in [4.69, 9.17) is 0 Å². The lowest BCUT2D eigenvalue weighted by molar-refractivity contribution is -0.123. The summed E-state index contributed by atoms with van der Waals surface area (Å²) in [4.78, 5) is 11.9. The molecule has 0 aromatic rings. The predicted molar refractivity (Wildman–Crippen MR) is 73.3 cm³/mol. The fourth-order valence-electron chi connectivity index (χ4n) is 2.37. The van der Waals surface area contributed by atoms with E-state index in [0.29, 0.717) is 13.0 Å². The number of nitrogens with one attached hydrogen (secondary N) is 2. The van der Waals surface area contributed by atoms with Gasteiger partial charge in [0.05, 0.1) is 12.1 Å². The van der Waals surface area contributed by atoms with Crippen LogP contribution < -0.4 is 10.6 Å². The van der Waals surface area contributed by atoms with E-state index in [2.05, 4.69) is 31.4 Å². The topological polar surface area (TPSA) is 61.4 Å². The van der Waals surface area contributed by atoms with Crippen LogP contribution in [0.3, 0.4) is 0 Å². The number of carbonyl (C=O) groups excluding carboxylic acids is 1. The zero-order valence-electron chi connectivity index (χ0n) is 12.0. The van der Waals surface area contributed by atoms with Crippen LogP contribution in [0.15, 0.2) is 0 Å². The third-order valence-electron chi connectivity index (χ3n) is 3.24. The molecule has 4 heteroatoms. The minimum atomic E-state index is -0.459. The minimum absolute atomic E-state index is 0.0323. The van der Waals surface area contributed by atoms with E-state index in [1.807, 2.05) is 0 Å². The number of hydrogen-bond acceptors (Lipinski definition) is 3. The van der Waals surface area contributed by atoms with Crippen LogP contribution in [0.1, 0.15) is 52.9 Å². The van der Waals surface area contributed by atoms with Crippen molar-refractivity contribution in [2.24, 2.45) is 5.41 Å². The summed E-state index contributed by atoms with van der Waals surface area (Å²) < 4.78 is 0. The third kappa shape index (κ3) is 6.36. The van der Waals surface area contributed by atoms with Gasteiger partial charge in [-0.1, -0.05) is 33.6 Å². The van der Waals surface area contributed by atoms with Crippen molar-refractivity contribution in [3.05, 3.63) is 0 Å². The van der Waals surface area contributed by atoms with Gasteiger partial charge in [0, 0.05) is 6.54 Å². The average Bonchev–Trinajstić information content (AvgIpc) is 2.52. The predicted octanol–water partition coefficient (Wildman–Crippen LogP) is 1.43. The highest BCUT2D eigenvalue weighted by molar-refractivity contribution is 5.81. The lowest BCUT2D eigenvalue weighted by Gasteiger charge is -2.23. The summed E-state index contributed by atoms with van der Waals surface area (Å²) in [6, 6.07) is -0.0747. The SMILES string of the molecule is CC(C)(C)CC(O)CNC(=O)C1CCCCCN1. The standard InChI is InChI=1S/C14H28N2O2/c1-14(2,3)9-11(17)10-16-13(18)12-7-5-4-6-8-15-12/h11-12,15,17H,4-10H2,1-3H3,(H,16,18). The molecule has 1 rings (SSSR count). The van der Waals surface area contributed by atoms with Crippen LogP contribution in [0, 0.1) is 5.41 Å². The molecule has 1 saturated heterocycles. The van der Waals surface area contributed by atoms with Crippen molar-refractivity contribution in [1.82, 2.24) is 10.6 Å². The highest BCUT2D eigenvalue weighted by atomic mass is 16.3. The van der Waals surface area contributed by atoms with Gasteiger partial charge in [-0.05, 0) is 31.2 Å². The molecule has 0 bridgehead atoms. The van der Waals surface area contributed by atoms with Crippen LogP contribution in [0.25, 0.3) is 0 Å². The van der Waals surface area contributed by atoms with Crippen molar-refractivity contribution in [1.29, 1.82) is 0 Å². The highest BCUT2D eigenvalue weighted by Gasteiger charge is 2.21. The van der Waals surface area contributed by atoms with E-state index in [0.717, 1.165) is 25.8 Å². The minimum Gasteiger partial charge on any atom is -0.391 e. The first-order valence-electron chi connectivity index (χ1n) is 7.08. The average molecular weight is 256 g/mol. The van der Waals surface area contributed by atoms with Gasteiger partial charge in [0.25, 0.3) is 0 Å². The zero-order chi connectivity index (χ0) is 13.6. The van der Waals surface area contributed by atoms with E-state index in [9.17, 15) is 9.90 Å². The Morgan fingerprint density at radius 2 is 2.11 bits per heavy atom. The Kier molecular flexibility index (Phi) is 6.09. The Balaban J connectivity index is 2.27. The van der Waals surface area contributed by atoms with Gasteiger partial charge in [0.2, 0.25) is 5.91 Å². The Hall–Kier alpha value is -0.610. The summed E-state index contributed by atoms with van der Waals surface area (Å²) >= 11 is 0. The van der Waals surface area contributed by atoms with Crippen molar-refractivity contribution < 1.29 is 9.90 Å². The first-order chi connectivity index (χ1) is 8.38. The molecular weight excluding hydrogens is 228 g/mol. The summed E-state index contributed by atoms with van der Waals surface area (Å²) in [7, 11) is 0. The molecule has 3 N–H and O–H groups in total. The van der Waals surface area contributed by atoms with E-state index >= 15 is 0 Å². The van der Waals surface area contributed by atoms with Gasteiger partial charge in [-0.25, -0.2) is 0 Å². The Morgan fingerprint density at radius 1 is 1.39 bits per heavy atom. The van der Waals surface area contributed by atoms with Crippen molar-refractivity contribution >= 4 is 5.91 Å². The van der Waals surface area contributed by atoms with Crippen molar-refractivity contribution in [3.63, 3.8) is 0 Å². The van der Waals surface area contributed by atoms with Crippen LogP contribution in [0.5, 0.6) is 0 Å². The highest BCUT2D eigenvalue weighted by Crippen LogP contribution is 2.20. The maximum atomic E-state index is 11.9. The van der Waals surface area contributed by atoms with Crippen molar-refractivity contribution in [3.8, 4) is 0 Å². The smallest absolute Gasteiger partial charge is 0.237 e. The molecule has 4 nitrogen and oxygen atoms in total. The lowest BCUT2D eigenvalue weighted by atomic mass is 9.89. The van der Waals surface area contributed by atoms with Crippen LogP contribution in [-0.2, 0) is 4.79 Å². The molecule has 106 valence electrons. The van der Waals surface area contributed by atoms with Gasteiger partial charge < -0.3 is 15.7 Å². The van der Waals surface area contributed by atoms with E-state index < -0.39 is 6.10 Å². The molecule has 18 heavy (non-hydrogen) atoms. The molecule has 0 aliphatic carbocycles. The first kappa shape index (κ1) is 15.4. The molecule has 0 saturated carbocycles. The number of hydrogen-bond donors (Lipinski definition) is 3. The lowest BCUT2D eigenvalue weighted by Crippen LogP contribution is -2.46. The summed E-state index contributed by atoms with van der Waals surface area (Å²) in [6.07, 6.45) is 4.60. The van der Waals surface area contributed by atoms with E-state index in [-0.39, 0.29) is 17.4 Å². The zero-order valence-corrected chi connectivity index (χ0v) is 12.0. The van der Waals surface area contributed by atoms with Crippen LogP contribution >= 0.6 is 0 Å². The van der Waals surface area contributed by atoms with Crippen LogP contribution in [0.4, 0.5) is 0 Å². The second-order valence-corrected chi connectivity index (χ2v) is 6.52. The molecule has 0 aromatic heterocycles. The Morgan fingerprint density at radius 3 is 2.78 bits per heavy atom. The van der Waals surface area contributed by atoms with Crippen molar-refractivity contribution in [2.45, 2.75) is 65.0 Å². The number of carbonyl (C=O) groups is 1. The quantitative estimate of drug-likeness (QED) is 0.713. The number of rotatable bonds is 4. The first-order valence-corrected chi connectivity index (χ1v) is 7.08. The van der Waals surface area contributed by atoms with Gasteiger partial charge in [0.1, 0.15) is 0 Å². The second-order valence-electron chi connectivity index (χ2n) is 6.52. The van der Waals surface area contributed by atoms with Gasteiger partial charge in [-0.3, -0.25) is 4.79 Å². The fourth-order valence-corrected chi connectivity index (χ4v) is 2.37. The maximum Gasteiger partial charge on any atom is 0.237 e. The molecule has 1 aliphatic heterocycles. The Labute approximate surface area is 111 Å². The molecule has 0 spiro atoms. The molecule has 1 heterocycles. The number of aliphatic hydroxyl groups excluding tert-OH is 1. The molecule has 1 fully saturated rings. The van der Waals surface area contributed by atoms with Gasteiger partial charge >= 0.3 is 0 Å². The second kappa shape index (κ2) is 7.10. The molecule has 0 aromatic carbocycles. The van der Waals surface area contributed by atoms with Gasteiger partial charge in [-0.2, -0.15) is 0 Å². The molecular formula is C14H28N2O2. The van der Waals surface area contributed by atoms with E-state index in [1.165, 1.54) is 6.42 Å². The number of aliphatic hydroxyl groups is 1. The van der Waals surface area contributed by atoms with Crippen LogP contribution in [0.2, 0.25) is 0 Å². The molecule has 2 atom stereocenters.